The molecule has 0 saturated carbocycles. The molecule has 0 aliphatic carbocycles. The minimum Gasteiger partial charge on any atom is -0.481 e. The van der Waals surface area contributed by atoms with E-state index >= 15 is 0 Å². The highest BCUT2D eigenvalue weighted by Gasteiger charge is 2.23. The Balaban J connectivity index is 1.58. The summed E-state index contributed by atoms with van der Waals surface area (Å²) in [6.07, 6.45) is 2.42. The third-order valence-corrected chi connectivity index (χ3v) is 4.68. The van der Waals surface area contributed by atoms with Crippen LogP contribution < -0.4 is 4.74 Å². The van der Waals surface area contributed by atoms with Gasteiger partial charge in [-0.05, 0) is 25.3 Å². The number of morpholine rings is 1. The van der Waals surface area contributed by atoms with Crippen molar-refractivity contribution in [3.63, 3.8) is 0 Å². The third kappa shape index (κ3) is 3.97. The summed E-state index contributed by atoms with van der Waals surface area (Å²) in [7, 11) is 3.64. The van der Waals surface area contributed by atoms with Crippen molar-refractivity contribution < 1.29 is 9.47 Å². The molecule has 1 aliphatic heterocycles. The van der Waals surface area contributed by atoms with E-state index in [1.807, 2.05) is 18.7 Å². The highest BCUT2D eigenvalue weighted by molar-refractivity contribution is 5.30. The highest BCUT2D eigenvalue weighted by Crippen LogP contribution is 2.24. The summed E-state index contributed by atoms with van der Waals surface area (Å²) in [5.74, 6) is 0.861. The van der Waals surface area contributed by atoms with E-state index in [9.17, 15) is 0 Å². The molecule has 0 N–H and O–H groups in total. The predicted octanol–water partition coefficient (Wildman–Crippen LogP) is 2.57. The van der Waals surface area contributed by atoms with Gasteiger partial charge in [-0.1, -0.05) is 30.3 Å². The van der Waals surface area contributed by atoms with Crippen LogP contribution in [0.1, 0.15) is 23.2 Å². The van der Waals surface area contributed by atoms with Gasteiger partial charge in [-0.15, -0.1) is 0 Å². The van der Waals surface area contributed by atoms with E-state index in [0.717, 1.165) is 50.7 Å². The van der Waals surface area contributed by atoms with Gasteiger partial charge < -0.3 is 9.47 Å². The second-order valence-corrected chi connectivity index (χ2v) is 6.45. The fourth-order valence-corrected chi connectivity index (χ4v) is 3.41. The average molecular weight is 329 g/mol. The molecule has 1 atom stereocenters. The minimum atomic E-state index is 0.293. The van der Waals surface area contributed by atoms with Gasteiger partial charge in [0, 0.05) is 26.7 Å². The minimum absolute atomic E-state index is 0.293. The Kier molecular flexibility index (Phi) is 5.53. The largest absolute Gasteiger partial charge is 0.481 e. The Bertz CT molecular complexity index is 654. The first-order valence-corrected chi connectivity index (χ1v) is 8.61. The molecule has 1 aromatic heterocycles. The smallest absolute Gasteiger partial charge is 0.216 e. The van der Waals surface area contributed by atoms with Crippen LogP contribution in [0.5, 0.6) is 5.88 Å². The first-order valence-electron chi connectivity index (χ1n) is 8.61. The lowest BCUT2D eigenvalue weighted by Gasteiger charge is -2.33. The van der Waals surface area contributed by atoms with Gasteiger partial charge in [0.15, 0.2) is 0 Å². The van der Waals surface area contributed by atoms with E-state index in [4.69, 9.17) is 9.47 Å². The van der Waals surface area contributed by atoms with Crippen molar-refractivity contribution in [3.8, 4) is 5.88 Å². The van der Waals surface area contributed by atoms with Crippen LogP contribution >= 0.6 is 0 Å². The van der Waals surface area contributed by atoms with Gasteiger partial charge in [0.25, 0.3) is 0 Å². The lowest BCUT2D eigenvalue weighted by Crippen LogP contribution is -2.42. The summed E-state index contributed by atoms with van der Waals surface area (Å²) in [6, 6.07) is 10.6. The van der Waals surface area contributed by atoms with E-state index in [1.54, 1.807) is 7.11 Å². The molecule has 1 saturated heterocycles. The van der Waals surface area contributed by atoms with Crippen molar-refractivity contribution >= 4 is 0 Å². The van der Waals surface area contributed by atoms with Crippen molar-refractivity contribution in [2.45, 2.75) is 32.4 Å². The van der Waals surface area contributed by atoms with Gasteiger partial charge in [-0.25, -0.2) is 4.68 Å². The number of nitrogens with zero attached hydrogens (tertiary/aromatic N) is 3. The molecule has 1 fully saturated rings. The monoisotopic (exact) mass is 329 g/mol. The summed E-state index contributed by atoms with van der Waals surface area (Å²) in [6.45, 7) is 5.63. The molecule has 24 heavy (non-hydrogen) atoms. The van der Waals surface area contributed by atoms with Crippen LogP contribution in [0.15, 0.2) is 30.3 Å². The maximum absolute atomic E-state index is 5.97. The van der Waals surface area contributed by atoms with Crippen LogP contribution in [0, 0.1) is 6.92 Å². The van der Waals surface area contributed by atoms with Gasteiger partial charge in [-0.3, -0.25) is 4.90 Å². The molecule has 1 aliphatic rings. The van der Waals surface area contributed by atoms with Crippen LogP contribution in [0.2, 0.25) is 0 Å². The summed E-state index contributed by atoms with van der Waals surface area (Å²) in [5, 5.41) is 4.48. The van der Waals surface area contributed by atoms with Crippen molar-refractivity contribution in [2.75, 3.05) is 26.8 Å². The maximum atomic E-state index is 5.97. The van der Waals surface area contributed by atoms with Crippen molar-refractivity contribution in [3.05, 3.63) is 47.2 Å². The Labute approximate surface area is 144 Å². The quantitative estimate of drug-likeness (QED) is 0.817. The summed E-state index contributed by atoms with van der Waals surface area (Å²) < 4.78 is 13.3. The second kappa shape index (κ2) is 7.81. The lowest BCUT2D eigenvalue weighted by molar-refractivity contribution is -0.0348. The number of hydrogen-bond acceptors (Lipinski definition) is 4. The van der Waals surface area contributed by atoms with Gasteiger partial charge in [-0.2, -0.15) is 5.10 Å². The van der Waals surface area contributed by atoms with Gasteiger partial charge in [0.05, 0.1) is 31.1 Å². The fourth-order valence-electron chi connectivity index (χ4n) is 3.41. The van der Waals surface area contributed by atoms with E-state index in [1.165, 1.54) is 11.1 Å². The molecule has 1 unspecified atom stereocenters. The molecular formula is C19H27N3O2. The topological polar surface area (TPSA) is 39.5 Å². The van der Waals surface area contributed by atoms with Gasteiger partial charge in [0.2, 0.25) is 5.88 Å². The van der Waals surface area contributed by atoms with Gasteiger partial charge in [0.1, 0.15) is 0 Å². The Morgan fingerprint density at radius 2 is 2.08 bits per heavy atom. The molecule has 5 heteroatoms. The van der Waals surface area contributed by atoms with Crippen molar-refractivity contribution in [2.24, 2.45) is 7.05 Å². The molecule has 2 aromatic rings. The Hall–Kier alpha value is -1.85. The summed E-state index contributed by atoms with van der Waals surface area (Å²) in [5.41, 5.74) is 3.60. The zero-order valence-electron chi connectivity index (χ0n) is 14.9. The van der Waals surface area contributed by atoms with Crippen LogP contribution in [0.3, 0.4) is 0 Å². The maximum Gasteiger partial charge on any atom is 0.216 e. The molecule has 0 spiro atoms. The van der Waals surface area contributed by atoms with Crippen LogP contribution in [0.25, 0.3) is 0 Å². The Morgan fingerprint density at radius 3 is 2.83 bits per heavy atom. The number of rotatable bonds is 6. The summed E-state index contributed by atoms with van der Waals surface area (Å²) in [4.78, 5) is 2.45. The number of hydrogen-bond donors (Lipinski definition) is 0. The average Bonchev–Trinajstić information content (AvgIpc) is 2.87. The number of aromatic nitrogens is 2. The SMILES string of the molecule is COc1c(CN2CCOC(CCc3ccccc3)C2)c(C)nn1C. The molecule has 0 amide bonds. The number of benzene rings is 1. The predicted molar refractivity (Wildman–Crippen MR) is 94.3 cm³/mol. The van der Waals surface area contributed by atoms with E-state index < -0.39 is 0 Å². The number of methoxy groups -OCH3 is 1. The molecule has 5 nitrogen and oxygen atoms in total. The summed E-state index contributed by atoms with van der Waals surface area (Å²) >= 11 is 0. The number of aryl methyl sites for hydroxylation is 3. The van der Waals surface area contributed by atoms with Gasteiger partial charge >= 0.3 is 0 Å². The Morgan fingerprint density at radius 1 is 1.29 bits per heavy atom. The molecule has 2 heterocycles. The van der Waals surface area contributed by atoms with Crippen LogP contribution in [0.4, 0.5) is 0 Å². The normalized spacial score (nSPS) is 18.7. The lowest BCUT2D eigenvalue weighted by atomic mass is 10.1. The first-order chi connectivity index (χ1) is 11.7. The zero-order chi connectivity index (χ0) is 16.9. The standard InChI is InChI=1S/C19H27N3O2/c1-15-18(19(23-3)21(2)20-15)14-22-11-12-24-17(13-22)10-9-16-7-5-4-6-8-16/h4-8,17H,9-14H2,1-3H3. The third-order valence-electron chi connectivity index (χ3n) is 4.68. The molecule has 0 bridgehead atoms. The van der Waals surface area contributed by atoms with E-state index in [-0.39, 0.29) is 0 Å². The van der Waals surface area contributed by atoms with E-state index in [2.05, 4.69) is 40.3 Å². The number of ether oxygens (including phenoxy) is 2. The first kappa shape index (κ1) is 17.0. The highest BCUT2D eigenvalue weighted by atomic mass is 16.5. The zero-order valence-corrected chi connectivity index (χ0v) is 14.9. The fraction of sp³-hybridized carbons (Fsp3) is 0.526. The van der Waals surface area contributed by atoms with Crippen LogP contribution in [-0.2, 0) is 24.8 Å². The van der Waals surface area contributed by atoms with E-state index in [0.29, 0.717) is 6.10 Å². The van der Waals surface area contributed by atoms with Crippen molar-refractivity contribution in [1.29, 1.82) is 0 Å². The molecule has 0 radical (unpaired) electrons. The molecular weight excluding hydrogens is 302 g/mol. The molecule has 130 valence electrons. The van der Waals surface area contributed by atoms with Crippen LogP contribution in [-0.4, -0.2) is 47.6 Å². The molecule has 3 rings (SSSR count). The van der Waals surface area contributed by atoms with Crippen molar-refractivity contribution in [1.82, 2.24) is 14.7 Å². The second-order valence-electron chi connectivity index (χ2n) is 6.45. The molecule has 1 aromatic carbocycles.